The van der Waals surface area contributed by atoms with Gasteiger partial charge in [0.05, 0.1) is 17.5 Å². The van der Waals surface area contributed by atoms with Gasteiger partial charge in [0, 0.05) is 10.6 Å². The first-order valence-corrected chi connectivity index (χ1v) is 9.68. The number of carbonyl (C=O) groups excluding carboxylic acids is 2. The van der Waals surface area contributed by atoms with Gasteiger partial charge in [-0.25, -0.2) is 4.79 Å². The standard InChI is InChI=1S/C20H18ClN3O3S/c21-15-4-1-2-5-17(15)27-14-9-7-13(8-10-14)23-19(25)12-16(24-20(22)26)18-6-3-11-28-18/h1-11,16H,12H2,(H,23,25)(H3,22,24,26). The number of thiophene rings is 1. The lowest BCUT2D eigenvalue weighted by Gasteiger charge is -2.16. The van der Waals surface area contributed by atoms with Crippen LogP contribution in [0.4, 0.5) is 10.5 Å². The van der Waals surface area contributed by atoms with Crippen molar-refractivity contribution < 1.29 is 14.3 Å². The Hall–Kier alpha value is -3.03. The second kappa shape index (κ2) is 9.25. The lowest BCUT2D eigenvalue weighted by Crippen LogP contribution is -2.34. The predicted octanol–water partition coefficient (Wildman–Crippen LogP) is 4.93. The molecule has 1 atom stereocenters. The lowest BCUT2D eigenvalue weighted by molar-refractivity contribution is -0.116. The normalized spacial score (nSPS) is 11.5. The molecule has 1 aromatic heterocycles. The molecule has 0 bridgehead atoms. The Kier molecular flexibility index (Phi) is 6.52. The average molecular weight is 416 g/mol. The number of para-hydroxylation sites is 1. The molecule has 0 radical (unpaired) electrons. The number of primary amides is 1. The molecule has 0 saturated heterocycles. The van der Waals surface area contributed by atoms with Crippen molar-refractivity contribution >= 4 is 40.6 Å². The van der Waals surface area contributed by atoms with Crippen molar-refractivity contribution in [2.24, 2.45) is 5.73 Å². The number of urea groups is 1. The van der Waals surface area contributed by atoms with Crippen LogP contribution in [0, 0.1) is 0 Å². The number of anilines is 1. The summed E-state index contributed by atoms with van der Waals surface area (Å²) in [5.74, 6) is 0.905. The number of rotatable bonds is 7. The molecule has 8 heteroatoms. The smallest absolute Gasteiger partial charge is 0.312 e. The Morgan fingerprint density at radius 1 is 1.07 bits per heavy atom. The minimum Gasteiger partial charge on any atom is -0.456 e. The largest absolute Gasteiger partial charge is 0.456 e. The maximum absolute atomic E-state index is 12.4. The fraction of sp³-hybridized carbons (Fsp3) is 0.100. The Balaban J connectivity index is 1.60. The van der Waals surface area contributed by atoms with Gasteiger partial charge in [-0.15, -0.1) is 11.3 Å². The van der Waals surface area contributed by atoms with E-state index in [2.05, 4.69) is 10.6 Å². The topological polar surface area (TPSA) is 93.5 Å². The number of ether oxygens (including phenoxy) is 1. The van der Waals surface area contributed by atoms with E-state index in [-0.39, 0.29) is 12.3 Å². The summed E-state index contributed by atoms with van der Waals surface area (Å²) in [6, 6.07) is 16.7. The third-order valence-corrected chi connectivity index (χ3v) is 5.09. The molecular weight excluding hydrogens is 398 g/mol. The van der Waals surface area contributed by atoms with Crippen LogP contribution in [-0.2, 0) is 4.79 Å². The van der Waals surface area contributed by atoms with Gasteiger partial charge in [-0.2, -0.15) is 0 Å². The molecule has 144 valence electrons. The fourth-order valence-electron chi connectivity index (χ4n) is 2.54. The Labute approximate surface area is 171 Å². The van der Waals surface area contributed by atoms with E-state index < -0.39 is 12.1 Å². The van der Waals surface area contributed by atoms with Crippen molar-refractivity contribution in [1.82, 2.24) is 5.32 Å². The van der Waals surface area contributed by atoms with Crippen LogP contribution < -0.4 is 21.1 Å². The van der Waals surface area contributed by atoms with E-state index in [1.54, 1.807) is 36.4 Å². The van der Waals surface area contributed by atoms with Crippen LogP contribution >= 0.6 is 22.9 Å². The highest BCUT2D eigenvalue weighted by molar-refractivity contribution is 7.10. The molecule has 2 aromatic carbocycles. The van der Waals surface area contributed by atoms with Gasteiger partial charge in [0.25, 0.3) is 0 Å². The maximum atomic E-state index is 12.4. The van der Waals surface area contributed by atoms with E-state index in [0.29, 0.717) is 22.2 Å². The molecule has 0 aliphatic heterocycles. The lowest BCUT2D eigenvalue weighted by atomic mass is 10.1. The summed E-state index contributed by atoms with van der Waals surface area (Å²) in [6.07, 6.45) is 0.0708. The SMILES string of the molecule is NC(=O)NC(CC(=O)Nc1ccc(Oc2ccccc2Cl)cc1)c1cccs1. The molecular formula is C20H18ClN3O3S. The Morgan fingerprint density at radius 2 is 1.82 bits per heavy atom. The van der Waals surface area contributed by atoms with Gasteiger partial charge in [0.15, 0.2) is 0 Å². The average Bonchev–Trinajstić information content (AvgIpc) is 3.19. The maximum Gasteiger partial charge on any atom is 0.312 e. The highest BCUT2D eigenvalue weighted by Crippen LogP contribution is 2.29. The zero-order valence-corrected chi connectivity index (χ0v) is 16.3. The Morgan fingerprint density at radius 3 is 2.46 bits per heavy atom. The number of amides is 3. The van der Waals surface area contributed by atoms with Gasteiger partial charge < -0.3 is 21.1 Å². The first-order chi connectivity index (χ1) is 13.5. The number of halogens is 1. The third kappa shape index (κ3) is 5.48. The molecule has 3 rings (SSSR count). The van der Waals surface area contributed by atoms with Crippen molar-refractivity contribution in [1.29, 1.82) is 0 Å². The van der Waals surface area contributed by atoms with Crippen LogP contribution in [0.1, 0.15) is 17.3 Å². The minimum absolute atomic E-state index is 0.0708. The van der Waals surface area contributed by atoms with E-state index in [1.807, 2.05) is 29.6 Å². The van der Waals surface area contributed by atoms with E-state index in [0.717, 1.165) is 4.88 Å². The zero-order valence-electron chi connectivity index (χ0n) is 14.7. The molecule has 3 aromatic rings. The molecule has 28 heavy (non-hydrogen) atoms. The van der Waals surface area contributed by atoms with Crippen LogP contribution in [0.15, 0.2) is 66.0 Å². The zero-order chi connectivity index (χ0) is 19.9. The van der Waals surface area contributed by atoms with Gasteiger partial charge in [-0.3, -0.25) is 4.79 Å². The minimum atomic E-state index is -0.674. The molecule has 0 spiro atoms. The summed E-state index contributed by atoms with van der Waals surface area (Å²) in [5, 5.41) is 7.79. The monoisotopic (exact) mass is 415 g/mol. The van der Waals surface area contributed by atoms with Crippen LogP contribution in [0.5, 0.6) is 11.5 Å². The van der Waals surface area contributed by atoms with Crippen molar-refractivity contribution in [3.63, 3.8) is 0 Å². The number of carbonyl (C=O) groups is 2. The van der Waals surface area contributed by atoms with Gasteiger partial charge in [-0.05, 0) is 47.8 Å². The summed E-state index contributed by atoms with van der Waals surface area (Å²) in [7, 11) is 0. The molecule has 0 fully saturated rings. The molecule has 1 unspecified atom stereocenters. The molecule has 0 saturated carbocycles. The molecule has 0 aliphatic rings. The van der Waals surface area contributed by atoms with Crippen molar-refractivity contribution in [3.8, 4) is 11.5 Å². The summed E-state index contributed by atoms with van der Waals surface area (Å²) in [6.45, 7) is 0. The predicted molar refractivity (Wildman–Crippen MR) is 111 cm³/mol. The first-order valence-electron chi connectivity index (χ1n) is 8.43. The molecule has 3 amide bonds. The number of nitrogens with one attached hydrogen (secondary N) is 2. The number of hydrogen-bond donors (Lipinski definition) is 3. The molecule has 4 N–H and O–H groups in total. The van der Waals surface area contributed by atoms with E-state index in [4.69, 9.17) is 22.1 Å². The first kappa shape index (κ1) is 19.7. The summed E-state index contributed by atoms with van der Waals surface area (Å²) in [5.41, 5.74) is 5.83. The van der Waals surface area contributed by atoms with Crippen LogP contribution in [0.25, 0.3) is 0 Å². The van der Waals surface area contributed by atoms with E-state index >= 15 is 0 Å². The molecule has 1 heterocycles. The third-order valence-electron chi connectivity index (χ3n) is 3.80. The summed E-state index contributed by atoms with van der Waals surface area (Å²) in [4.78, 5) is 24.4. The highest BCUT2D eigenvalue weighted by atomic mass is 35.5. The van der Waals surface area contributed by atoms with Crippen LogP contribution in [0.3, 0.4) is 0 Å². The quantitative estimate of drug-likeness (QED) is 0.510. The van der Waals surface area contributed by atoms with Gasteiger partial charge in [0.1, 0.15) is 11.5 Å². The van der Waals surface area contributed by atoms with Crippen LogP contribution in [-0.4, -0.2) is 11.9 Å². The van der Waals surface area contributed by atoms with E-state index in [9.17, 15) is 9.59 Å². The molecule has 6 nitrogen and oxygen atoms in total. The second-order valence-electron chi connectivity index (χ2n) is 5.89. The highest BCUT2D eigenvalue weighted by Gasteiger charge is 2.18. The number of hydrogen-bond acceptors (Lipinski definition) is 4. The van der Waals surface area contributed by atoms with Gasteiger partial charge >= 0.3 is 6.03 Å². The summed E-state index contributed by atoms with van der Waals surface area (Å²) < 4.78 is 5.72. The second-order valence-corrected chi connectivity index (χ2v) is 7.27. The van der Waals surface area contributed by atoms with Crippen molar-refractivity contribution in [2.45, 2.75) is 12.5 Å². The summed E-state index contributed by atoms with van der Waals surface area (Å²) >= 11 is 7.53. The fourth-order valence-corrected chi connectivity index (χ4v) is 3.49. The van der Waals surface area contributed by atoms with Gasteiger partial charge in [-0.1, -0.05) is 29.8 Å². The van der Waals surface area contributed by atoms with E-state index in [1.165, 1.54) is 11.3 Å². The van der Waals surface area contributed by atoms with Gasteiger partial charge in [0.2, 0.25) is 5.91 Å². The van der Waals surface area contributed by atoms with Crippen molar-refractivity contribution in [2.75, 3.05) is 5.32 Å². The molecule has 0 aliphatic carbocycles. The van der Waals surface area contributed by atoms with Crippen LogP contribution in [0.2, 0.25) is 5.02 Å². The number of nitrogens with two attached hydrogens (primary N) is 1. The van der Waals surface area contributed by atoms with Crippen molar-refractivity contribution in [3.05, 3.63) is 75.9 Å². The number of benzene rings is 2. The Bertz CT molecular complexity index is 946.